The molecule has 2 aromatic carbocycles. The Hall–Kier alpha value is -3.59. The van der Waals surface area contributed by atoms with Gasteiger partial charge in [-0.2, -0.15) is 0 Å². The summed E-state index contributed by atoms with van der Waals surface area (Å²) in [6.45, 7) is 1.74. The van der Waals surface area contributed by atoms with Crippen molar-refractivity contribution in [1.29, 1.82) is 0 Å². The Bertz CT molecular complexity index is 1070. The molecule has 8 nitrogen and oxygen atoms in total. The number of aliphatic carboxylic acids is 1. The standard InChI is InChI=1S/C22H21N3O5S/c1-14-12-18(25-30-14)24-22(29)21(15-6-3-2-4-7-15)31-17-9-5-8-16(13-17)23-19(26)10-11-20(27)28/h2-9,12-13,21H,10-11H2,1H3,(H,23,26)(H,27,28)(H,24,25,29). The Morgan fingerprint density at radius 1 is 1.03 bits per heavy atom. The third-order valence-electron chi connectivity index (χ3n) is 4.16. The molecule has 3 aromatic rings. The van der Waals surface area contributed by atoms with Gasteiger partial charge in [-0.1, -0.05) is 41.6 Å². The number of aromatic nitrogens is 1. The quantitative estimate of drug-likeness (QED) is 0.426. The van der Waals surface area contributed by atoms with Crippen molar-refractivity contribution in [2.45, 2.75) is 29.9 Å². The van der Waals surface area contributed by atoms with Gasteiger partial charge in [0.25, 0.3) is 0 Å². The fraction of sp³-hybridized carbons (Fsp3) is 0.182. The predicted octanol–water partition coefficient (Wildman–Crippen LogP) is 4.26. The third kappa shape index (κ3) is 6.71. The summed E-state index contributed by atoms with van der Waals surface area (Å²) in [5, 5.41) is 17.4. The molecule has 160 valence electrons. The molecule has 0 bridgehead atoms. The molecule has 1 aromatic heterocycles. The fourth-order valence-electron chi connectivity index (χ4n) is 2.75. The second kappa shape index (κ2) is 10.4. The maximum Gasteiger partial charge on any atom is 0.303 e. The minimum atomic E-state index is -1.03. The molecule has 0 saturated carbocycles. The molecular weight excluding hydrogens is 418 g/mol. The number of amides is 2. The van der Waals surface area contributed by atoms with Gasteiger partial charge in [-0.05, 0) is 30.7 Å². The first-order valence-electron chi connectivity index (χ1n) is 9.48. The zero-order valence-electron chi connectivity index (χ0n) is 16.7. The van der Waals surface area contributed by atoms with E-state index in [-0.39, 0.29) is 24.7 Å². The first-order chi connectivity index (χ1) is 14.9. The molecule has 0 spiro atoms. The second-order valence-electron chi connectivity index (χ2n) is 6.69. The van der Waals surface area contributed by atoms with Crippen molar-refractivity contribution in [1.82, 2.24) is 5.16 Å². The Kier molecular flexibility index (Phi) is 7.45. The highest BCUT2D eigenvalue weighted by molar-refractivity contribution is 8.00. The maximum atomic E-state index is 13.0. The van der Waals surface area contributed by atoms with Crippen LogP contribution >= 0.6 is 11.8 Å². The lowest BCUT2D eigenvalue weighted by atomic mass is 10.1. The van der Waals surface area contributed by atoms with E-state index in [0.717, 1.165) is 10.5 Å². The van der Waals surface area contributed by atoms with Crippen molar-refractivity contribution < 1.29 is 24.0 Å². The third-order valence-corrected chi connectivity index (χ3v) is 5.41. The van der Waals surface area contributed by atoms with Crippen LogP contribution in [0.25, 0.3) is 0 Å². The predicted molar refractivity (Wildman–Crippen MR) is 117 cm³/mol. The molecule has 1 unspecified atom stereocenters. The van der Waals surface area contributed by atoms with E-state index in [1.807, 2.05) is 36.4 Å². The summed E-state index contributed by atoms with van der Waals surface area (Å²) in [4.78, 5) is 36.3. The Morgan fingerprint density at radius 2 is 1.81 bits per heavy atom. The summed E-state index contributed by atoms with van der Waals surface area (Å²) in [6.07, 6.45) is -0.350. The van der Waals surface area contributed by atoms with Gasteiger partial charge in [0.15, 0.2) is 5.82 Å². The van der Waals surface area contributed by atoms with Gasteiger partial charge < -0.3 is 20.3 Å². The number of thioether (sulfide) groups is 1. The number of nitrogens with zero attached hydrogens (tertiary/aromatic N) is 1. The average molecular weight is 439 g/mol. The summed E-state index contributed by atoms with van der Waals surface area (Å²) >= 11 is 1.32. The van der Waals surface area contributed by atoms with Gasteiger partial charge in [0.05, 0.1) is 6.42 Å². The van der Waals surface area contributed by atoms with E-state index in [4.69, 9.17) is 9.63 Å². The Balaban J connectivity index is 1.75. The van der Waals surface area contributed by atoms with Gasteiger partial charge in [-0.3, -0.25) is 14.4 Å². The van der Waals surface area contributed by atoms with Gasteiger partial charge in [-0.15, -0.1) is 11.8 Å². The second-order valence-corrected chi connectivity index (χ2v) is 7.87. The monoisotopic (exact) mass is 439 g/mol. The van der Waals surface area contributed by atoms with E-state index in [2.05, 4.69) is 15.8 Å². The number of aryl methyl sites for hydroxylation is 1. The number of benzene rings is 2. The lowest BCUT2D eigenvalue weighted by Crippen LogP contribution is -2.19. The molecule has 0 aliphatic heterocycles. The molecule has 3 rings (SSSR count). The van der Waals surface area contributed by atoms with Crippen LogP contribution in [0.3, 0.4) is 0 Å². The molecule has 0 aliphatic rings. The topological polar surface area (TPSA) is 122 Å². The normalized spacial score (nSPS) is 11.5. The number of carbonyl (C=O) groups is 3. The number of hydrogen-bond acceptors (Lipinski definition) is 6. The largest absolute Gasteiger partial charge is 0.481 e. The molecule has 0 aliphatic carbocycles. The first-order valence-corrected chi connectivity index (χ1v) is 10.4. The SMILES string of the molecule is Cc1cc(NC(=O)C(Sc2cccc(NC(=O)CCC(=O)O)c2)c2ccccc2)no1. The van der Waals surface area contributed by atoms with Crippen molar-refractivity contribution in [3.05, 3.63) is 72.0 Å². The first kappa shape index (κ1) is 22.1. The number of carboxylic acid groups (broad SMARTS) is 1. The molecular formula is C22H21N3O5S. The Labute approximate surface area is 183 Å². The fourth-order valence-corrected chi connectivity index (χ4v) is 3.83. The average Bonchev–Trinajstić information content (AvgIpc) is 3.16. The molecule has 3 N–H and O–H groups in total. The minimum Gasteiger partial charge on any atom is -0.481 e. The van der Waals surface area contributed by atoms with Crippen molar-refractivity contribution >= 4 is 41.1 Å². The number of nitrogens with one attached hydrogen (secondary N) is 2. The zero-order valence-corrected chi connectivity index (χ0v) is 17.5. The summed E-state index contributed by atoms with van der Waals surface area (Å²) in [5.74, 6) is -0.754. The smallest absolute Gasteiger partial charge is 0.303 e. The van der Waals surface area contributed by atoms with Gasteiger partial charge in [-0.25, -0.2) is 0 Å². The summed E-state index contributed by atoms with van der Waals surface area (Å²) in [6, 6.07) is 18.0. The van der Waals surface area contributed by atoms with Crippen LogP contribution in [0.1, 0.15) is 29.4 Å². The molecule has 1 atom stereocenters. The van der Waals surface area contributed by atoms with E-state index in [1.165, 1.54) is 11.8 Å². The molecule has 31 heavy (non-hydrogen) atoms. The molecule has 0 radical (unpaired) electrons. The highest BCUT2D eigenvalue weighted by Gasteiger charge is 2.23. The lowest BCUT2D eigenvalue weighted by Gasteiger charge is -2.16. The molecule has 2 amide bonds. The van der Waals surface area contributed by atoms with Gasteiger partial charge >= 0.3 is 5.97 Å². The zero-order chi connectivity index (χ0) is 22.2. The number of anilines is 2. The van der Waals surface area contributed by atoms with E-state index in [1.54, 1.807) is 31.2 Å². The summed E-state index contributed by atoms with van der Waals surface area (Å²) in [5.41, 5.74) is 1.33. The van der Waals surface area contributed by atoms with Crippen LogP contribution in [-0.2, 0) is 14.4 Å². The van der Waals surface area contributed by atoms with Crippen molar-refractivity contribution in [2.75, 3.05) is 10.6 Å². The number of hydrogen-bond donors (Lipinski definition) is 3. The summed E-state index contributed by atoms with van der Waals surface area (Å²) in [7, 11) is 0. The molecule has 9 heteroatoms. The molecule has 0 fully saturated rings. The number of rotatable bonds is 9. The maximum absolute atomic E-state index is 13.0. The number of carbonyl (C=O) groups excluding carboxylic acids is 2. The van der Waals surface area contributed by atoms with Crippen LogP contribution in [0.4, 0.5) is 11.5 Å². The van der Waals surface area contributed by atoms with Gasteiger partial charge in [0.1, 0.15) is 11.0 Å². The molecule has 1 heterocycles. The van der Waals surface area contributed by atoms with Crippen LogP contribution in [-0.4, -0.2) is 28.0 Å². The van der Waals surface area contributed by atoms with Crippen LogP contribution in [0, 0.1) is 6.92 Å². The lowest BCUT2D eigenvalue weighted by molar-refractivity contribution is -0.138. The van der Waals surface area contributed by atoms with E-state index in [9.17, 15) is 14.4 Å². The number of carboxylic acids is 1. The summed E-state index contributed by atoms with van der Waals surface area (Å²) < 4.78 is 5.01. The Morgan fingerprint density at radius 3 is 2.48 bits per heavy atom. The highest BCUT2D eigenvalue weighted by atomic mass is 32.2. The minimum absolute atomic E-state index is 0.112. The van der Waals surface area contributed by atoms with Crippen molar-refractivity contribution in [2.24, 2.45) is 0 Å². The van der Waals surface area contributed by atoms with E-state index in [0.29, 0.717) is 17.3 Å². The van der Waals surface area contributed by atoms with Gasteiger partial charge in [0.2, 0.25) is 11.8 Å². The van der Waals surface area contributed by atoms with E-state index < -0.39 is 11.2 Å². The van der Waals surface area contributed by atoms with Crippen LogP contribution in [0.5, 0.6) is 0 Å². The van der Waals surface area contributed by atoms with Crippen LogP contribution < -0.4 is 10.6 Å². The van der Waals surface area contributed by atoms with Crippen molar-refractivity contribution in [3.8, 4) is 0 Å². The molecule has 0 saturated heterocycles. The van der Waals surface area contributed by atoms with E-state index >= 15 is 0 Å². The van der Waals surface area contributed by atoms with Crippen LogP contribution in [0.2, 0.25) is 0 Å². The van der Waals surface area contributed by atoms with Gasteiger partial charge in [0, 0.05) is 23.1 Å². The van der Waals surface area contributed by atoms with Crippen molar-refractivity contribution in [3.63, 3.8) is 0 Å². The highest BCUT2D eigenvalue weighted by Crippen LogP contribution is 2.37. The van der Waals surface area contributed by atoms with Crippen LogP contribution in [0.15, 0.2) is 70.1 Å².